The van der Waals surface area contributed by atoms with Crippen molar-refractivity contribution in [3.8, 4) is 0 Å². The average molecular weight is 457 g/mol. The summed E-state index contributed by atoms with van der Waals surface area (Å²) < 4.78 is 0. The standard InChI is InChI=1S/C30H48O3/c1-18(2)19-10-13-27(5)16-17-30(25(32)33)20(24(19)27)8-9-22-28(6)14-12-23(31)26(3,4)21(28)11-15-29(22,30)7/h19-24,31H,1,8-17H2,2-7H3,(H,32,33)/t19-,20+,21-,22+,23-,24+,27+,28-,29+,30+/m0/s1. The second kappa shape index (κ2) is 7.11. The fraction of sp³-hybridized carbons (Fsp3) is 0.900. The normalized spacial score (nSPS) is 55.0. The molecule has 0 spiro atoms. The molecule has 0 aliphatic heterocycles. The highest BCUT2D eigenvalue weighted by Gasteiger charge is 2.74. The molecule has 0 saturated heterocycles. The van der Waals surface area contributed by atoms with Gasteiger partial charge in [-0.2, -0.15) is 0 Å². The Balaban J connectivity index is 1.62. The molecule has 2 N–H and O–H groups in total. The largest absolute Gasteiger partial charge is 0.481 e. The molecule has 0 bridgehead atoms. The highest BCUT2D eigenvalue weighted by molar-refractivity contribution is 5.77. The highest BCUT2D eigenvalue weighted by Crippen LogP contribution is 2.77. The summed E-state index contributed by atoms with van der Waals surface area (Å²) in [4.78, 5) is 13.5. The minimum atomic E-state index is -0.619. The van der Waals surface area contributed by atoms with E-state index in [0.717, 1.165) is 51.4 Å². The Labute approximate surface area is 201 Å². The molecule has 5 aliphatic carbocycles. The van der Waals surface area contributed by atoms with Crippen molar-refractivity contribution in [1.82, 2.24) is 0 Å². The predicted octanol–water partition coefficient (Wildman–Crippen LogP) is 7.09. The fourth-order valence-electron chi connectivity index (χ4n) is 11.6. The molecular formula is C30H48O3. The monoisotopic (exact) mass is 456 g/mol. The number of carbonyl (C=O) groups is 1. The van der Waals surface area contributed by atoms with E-state index in [0.29, 0.717) is 23.7 Å². The van der Waals surface area contributed by atoms with Crippen LogP contribution in [0.4, 0.5) is 0 Å². The van der Waals surface area contributed by atoms with Crippen LogP contribution in [-0.4, -0.2) is 22.3 Å². The molecule has 10 atom stereocenters. The van der Waals surface area contributed by atoms with E-state index < -0.39 is 11.4 Å². The Bertz CT molecular complexity index is 861. The number of hydrogen-bond donors (Lipinski definition) is 2. The van der Waals surface area contributed by atoms with Crippen molar-refractivity contribution in [3.05, 3.63) is 12.2 Å². The Kier molecular flexibility index (Phi) is 5.15. The Hall–Kier alpha value is -0.830. The summed E-state index contributed by atoms with van der Waals surface area (Å²) in [5, 5.41) is 22.0. The lowest BCUT2D eigenvalue weighted by Gasteiger charge is -2.72. The lowest BCUT2D eigenvalue weighted by atomic mass is 9.32. The minimum Gasteiger partial charge on any atom is -0.481 e. The van der Waals surface area contributed by atoms with Crippen molar-refractivity contribution < 1.29 is 15.0 Å². The van der Waals surface area contributed by atoms with Crippen LogP contribution in [0, 0.1) is 56.7 Å². The van der Waals surface area contributed by atoms with E-state index in [-0.39, 0.29) is 33.7 Å². The Morgan fingerprint density at radius 3 is 2.18 bits per heavy atom. The molecule has 0 heterocycles. The summed E-state index contributed by atoms with van der Waals surface area (Å²) in [5.41, 5.74) is 0.780. The van der Waals surface area contributed by atoms with Crippen LogP contribution in [0.5, 0.6) is 0 Å². The lowest BCUT2D eigenvalue weighted by Crippen LogP contribution is -2.69. The average Bonchev–Trinajstić information content (AvgIpc) is 3.08. The van der Waals surface area contributed by atoms with Crippen LogP contribution in [0.1, 0.15) is 106 Å². The van der Waals surface area contributed by atoms with Gasteiger partial charge < -0.3 is 10.2 Å². The molecule has 0 aromatic carbocycles. The first kappa shape index (κ1) is 23.9. The zero-order valence-electron chi connectivity index (χ0n) is 22.0. The van der Waals surface area contributed by atoms with E-state index in [1.165, 1.54) is 18.4 Å². The zero-order valence-corrected chi connectivity index (χ0v) is 22.0. The summed E-state index contributed by atoms with van der Waals surface area (Å²) in [6.45, 7) is 18.4. The number of carboxylic acid groups (broad SMARTS) is 1. The van der Waals surface area contributed by atoms with Crippen molar-refractivity contribution in [2.75, 3.05) is 0 Å². The molecule has 5 rings (SSSR count). The third-order valence-electron chi connectivity index (χ3n) is 13.2. The third-order valence-corrected chi connectivity index (χ3v) is 13.2. The molecule has 5 aliphatic rings. The maximum atomic E-state index is 13.5. The molecule has 0 aromatic heterocycles. The number of aliphatic hydroxyl groups excluding tert-OH is 1. The Morgan fingerprint density at radius 1 is 0.848 bits per heavy atom. The minimum absolute atomic E-state index is 0.0940. The van der Waals surface area contributed by atoms with Gasteiger partial charge in [0.25, 0.3) is 0 Å². The molecule has 5 fully saturated rings. The molecule has 0 radical (unpaired) electrons. The molecule has 33 heavy (non-hydrogen) atoms. The SMILES string of the molecule is C=C(C)[C@@H]1CC[C@]2(C)CC[C@]3(C(=O)O)[C@H](CC[C@@H]4[C@@]5(C)CC[C@H](O)C(C)(C)[C@@H]5CC[C@]43C)[C@@H]12. The maximum absolute atomic E-state index is 13.5. The van der Waals surface area contributed by atoms with Gasteiger partial charge in [-0.05, 0) is 122 Å². The highest BCUT2D eigenvalue weighted by atomic mass is 16.4. The van der Waals surface area contributed by atoms with Crippen LogP contribution in [0.25, 0.3) is 0 Å². The third kappa shape index (κ3) is 2.75. The number of rotatable bonds is 2. The van der Waals surface area contributed by atoms with Crippen molar-refractivity contribution in [1.29, 1.82) is 0 Å². The molecule has 186 valence electrons. The van der Waals surface area contributed by atoms with Gasteiger partial charge >= 0.3 is 5.97 Å². The van der Waals surface area contributed by atoms with Gasteiger partial charge in [0.05, 0.1) is 11.5 Å². The maximum Gasteiger partial charge on any atom is 0.310 e. The fourth-order valence-corrected chi connectivity index (χ4v) is 11.6. The van der Waals surface area contributed by atoms with Crippen LogP contribution < -0.4 is 0 Å². The number of hydrogen-bond acceptors (Lipinski definition) is 2. The lowest BCUT2D eigenvalue weighted by molar-refractivity contribution is -0.253. The smallest absolute Gasteiger partial charge is 0.310 e. The van der Waals surface area contributed by atoms with Gasteiger partial charge in [0.1, 0.15) is 0 Å². The van der Waals surface area contributed by atoms with Crippen LogP contribution in [0.3, 0.4) is 0 Å². The van der Waals surface area contributed by atoms with Gasteiger partial charge in [-0.15, -0.1) is 0 Å². The first-order valence-electron chi connectivity index (χ1n) is 13.8. The van der Waals surface area contributed by atoms with Gasteiger partial charge in [0.2, 0.25) is 0 Å². The summed E-state index contributed by atoms with van der Waals surface area (Å²) in [5.74, 6) is 1.60. The van der Waals surface area contributed by atoms with Gasteiger partial charge in [0.15, 0.2) is 0 Å². The second-order valence-corrected chi connectivity index (χ2v) is 14.6. The van der Waals surface area contributed by atoms with Crippen molar-refractivity contribution >= 4 is 5.97 Å². The quantitative estimate of drug-likeness (QED) is 0.436. The van der Waals surface area contributed by atoms with Crippen molar-refractivity contribution in [2.24, 2.45) is 56.7 Å². The van der Waals surface area contributed by atoms with E-state index in [2.05, 4.69) is 48.1 Å². The van der Waals surface area contributed by atoms with Crippen molar-refractivity contribution in [2.45, 2.75) is 112 Å². The van der Waals surface area contributed by atoms with Gasteiger partial charge in [0, 0.05) is 0 Å². The van der Waals surface area contributed by atoms with Crippen LogP contribution >= 0.6 is 0 Å². The number of aliphatic carboxylic acids is 1. The van der Waals surface area contributed by atoms with Gasteiger partial charge in [-0.25, -0.2) is 0 Å². The molecule has 0 aromatic rings. The van der Waals surface area contributed by atoms with Gasteiger partial charge in [-0.1, -0.05) is 46.8 Å². The zero-order chi connectivity index (χ0) is 24.2. The Morgan fingerprint density at radius 2 is 1.55 bits per heavy atom. The molecule has 5 saturated carbocycles. The molecule has 0 unspecified atom stereocenters. The summed E-state index contributed by atoms with van der Waals surface area (Å²) in [6.07, 6.45) is 10.2. The number of allylic oxidation sites excluding steroid dienone is 1. The number of carboxylic acids is 1. The number of fused-ring (bicyclic) bond motifs is 7. The first-order chi connectivity index (χ1) is 15.3. The molecule has 3 nitrogen and oxygen atoms in total. The number of aliphatic hydroxyl groups is 1. The summed E-state index contributed by atoms with van der Waals surface area (Å²) in [6, 6.07) is 0. The van der Waals surface area contributed by atoms with Crippen LogP contribution in [0.15, 0.2) is 12.2 Å². The second-order valence-electron chi connectivity index (χ2n) is 14.6. The van der Waals surface area contributed by atoms with Crippen LogP contribution in [-0.2, 0) is 4.79 Å². The molecular weight excluding hydrogens is 408 g/mol. The van der Waals surface area contributed by atoms with Crippen LogP contribution in [0.2, 0.25) is 0 Å². The molecule has 3 heteroatoms. The topological polar surface area (TPSA) is 57.5 Å². The first-order valence-corrected chi connectivity index (χ1v) is 13.8. The molecule has 0 amide bonds. The van der Waals surface area contributed by atoms with E-state index in [9.17, 15) is 15.0 Å². The van der Waals surface area contributed by atoms with Gasteiger partial charge in [-0.3, -0.25) is 4.79 Å². The van der Waals surface area contributed by atoms with E-state index in [1.54, 1.807) is 0 Å². The summed E-state index contributed by atoms with van der Waals surface area (Å²) in [7, 11) is 0. The van der Waals surface area contributed by atoms with E-state index in [1.807, 2.05) is 0 Å². The van der Waals surface area contributed by atoms with E-state index >= 15 is 0 Å². The predicted molar refractivity (Wildman–Crippen MR) is 133 cm³/mol. The van der Waals surface area contributed by atoms with E-state index in [4.69, 9.17) is 0 Å². The van der Waals surface area contributed by atoms with Crippen molar-refractivity contribution in [3.63, 3.8) is 0 Å². The summed E-state index contributed by atoms with van der Waals surface area (Å²) >= 11 is 0.